The fraction of sp³-hybridized carbons (Fsp3) is 0.0800. The molecule has 0 N–H and O–H groups in total. The van der Waals surface area contributed by atoms with Gasteiger partial charge in [-0.05, 0) is 106 Å². The highest BCUT2D eigenvalue weighted by atomic mass is 19.2. The van der Waals surface area contributed by atoms with Crippen molar-refractivity contribution in [3.05, 3.63) is 204 Å². The van der Waals surface area contributed by atoms with E-state index in [4.69, 9.17) is 0 Å². The molecule has 8 aromatic carbocycles. The zero-order valence-electron chi connectivity index (χ0n) is 31.0. The van der Waals surface area contributed by atoms with Crippen molar-refractivity contribution in [2.75, 3.05) is 9.80 Å². The maximum Gasteiger partial charge on any atom is 0.186 e. The molecule has 0 unspecified atom stereocenters. The van der Waals surface area contributed by atoms with E-state index in [-0.39, 0.29) is 5.56 Å². The van der Waals surface area contributed by atoms with E-state index in [2.05, 4.69) is 32.0 Å². The molecule has 0 aromatic heterocycles. The van der Waals surface area contributed by atoms with E-state index in [1.165, 1.54) is 17.0 Å². The molecule has 6 heteroatoms. The minimum Gasteiger partial charge on any atom is -0.310 e. The number of halogens is 4. The molecular formula is C50H36F4N2. The maximum atomic E-state index is 16.6. The van der Waals surface area contributed by atoms with Crippen LogP contribution in [0.25, 0.3) is 33.0 Å². The number of rotatable bonds is 7. The maximum absolute atomic E-state index is 16.6. The lowest BCUT2D eigenvalue weighted by molar-refractivity contribution is 0.461. The van der Waals surface area contributed by atoms with Gasteiger partial charge >= 0.3 is 0 Å². The third-order valence-electron chi connectivity index (χ3n) is 11.0. The number of aryl methyl sites for hydroxylation is 1. The Morgan fingerprint density at radius 2 is 0.929 bits per heavy atom. The molecule has 0 fully saturated rings. The molecule has 56 heavy (non-hydrogen) atoms. The van der Waals surface area contributed by atoms with Crippen LogP contribution in [0.5, 0.6) is 0 Å². The Balaban J connectivity index is 1.14. The van der Waals surface area contributed by atoms with Gasteiger partial charge in [-0.25, -0.2) is 17.6 Å². The largest absolute Gasteiger partial charge is 0.310 e. The van der Waals surface area contributed by atoms with Crippen molar-refractivity contribution < 1.29 is 17.6 Å². The zero-order chi connectivity index (χ0) is 38.7. The summed E-state index contributed by atoms with van der Waals surface area (Å²) in [6.45, 7) is 6.20. The lowest BCUT2D eigenvalue weighted by Crippen LogP contribution is -2.19. The highest BCUT2D eigenvalue weighted by molar-refractivity contribution is 5.90. The summed E-state index contributed by atoms with van der Waals surface area (Å²) in [4.78, 5) is 3.28. The van der Waals surface area contributed by atoms with E-state index in [0.717, 1.165) is 50.0 Å². The molecule has 0 saturated carbocycles. The van der Waals surface area contributed by atoms with Crippen LogP contribution in [0.4, 0.5) is 51.7 Å². The average Bonchev–Trinajstić information content (AvgIpc) is 3.45. The second-order valence-corrected chi connectivity index (χ2v) is 14.8. The zero-order valence-corrected chi connectivity index (χ0v) is 31.0. The van der Waals surface area contributed by atoms with Crippen LogP contribution in [-0.4, -0.2) is 0 Å². The van der Waals surface area contributed by atoms with Gasteiger partial charge in [0.25, 0.3) is 0 Å². The molecule has 8 aromatic rings. The van der Waals surface area contributed by atoms with Crippen molar-refractivity contribution in [1.82, 2.24) is 0 Å². The normalized spacial score (nSPS) is 12.7. The molecule has 0 saturated heterocycles. The van der Waals surface area contributed by atoms with Crippen molar-refractivity contribution in [3.8, 4) is 22.3 Å². The molecule has 274 valence electrons. The Kier molecular flexibility index (Phi) is 8.50. The van der Waals surface area contributed by atoms with Crippen LogP contribution in [0.3, 0.4) is 0 Å². The molecule has 0 spiro atoms. The van der Waals surface area contributed by atoms with Gasteiger partial charge in [-0.15, -0.1) is 0 Å². The number of nitrogens with zero attached hydrogens (tertiary/aromatic N) is 2. The molecule has 1 aliphatic carbocycles. The first kappa shape index (κ1) is 35.1. The standard InChI is InChI=1S/C50H36F4N2/c1-31-17-22-36(23-18-31)55(38-26-19-32-11-7-8-12-34(32)29-38)37-24-20-33(21-25-37)44-45(51)47(53)49(48(54)46(44)52)56(35-13-5-4-6-14-35)39-27-28-41-40-15-9-10-16-42(40)50(2,3)43(41)30-39/h4-30H,1-3H3. The average molecular weight is 741 g/mol. The van der Waals surface area contributed by atoms with E-state index >= 15 is 17.6 Å². The first-order chi connectivity index (χ1) is 27.1. The molecule has 9 rings (SSSR count). The Labute approximate surface area is 323 Å². The van der Waals surface area contributed by atoms with E-state index in [0.29, 0.717) is 17.1 Å². The molecule has 0 aliphatic heterocycles. The van der Waals surface area contributed by atoms with Gasteiger partial charge in [-0.2, -0.15) is 0 Å². The van der Waals surface area contributed by atoms with Crippen LogP contribution in [0, 0.1) is 30.2 Å². The van der Waals surface area contributed by atoms with Gasteiger partial charge in [0.1, 0.15) is 5.69 Å². The summed E-state index contributed by atoms with van der Waals surface area (Å²) < 4.78 is 66.2. The number of para-hydroxylation sites is 1. The lowest BCUT2D eigenvalue weighted by atomic mass is 9.82. The van der Waals surface area contributed by atoms with Crippen LogP contribution in [0.2, 0.25) is 0 Å². The highest BCUT2D eigenvalue weighted by Gasteiger charge is 2.37. The second kappa shape index (κ2) is 13.6. The van der Waals surface area contributed by atoms with Crippen molar-refractivity contribution in [1.29, 1.82) is 0 Å². The molecular weight excluding hydrogens is 705 g/mol. The molecule has 1 aliphatic rings. The van der Waals surface area contributed by atoms with Crippen LogP contribution >= 0.6 is 0 Å². The van der Waals surface area contributed by atoms with Gasteiger partial charge < -0.3 is 9.80 Å². The van der Waals surface area contributed by atoms with Gasteiger partial charge in [0, 0.05) is 33.9 Å². The lowest BCUT2D eigenvalue weighted by Gasteiger charge is -2.29. The third-order valence-corrected chi connectivity index (χ3v) is 11.0. The van der Waals surface area contributed by atoms with Gasteiger partial charge in [-0.1, -0.05) is 123 Å². The quantitative estimate of drug-likeness (QED) is 0.119. The Bertz CT molecular complexity index is 2750. The smallest absolute Gasteiger partial charge is 0.186 e. The summed E-state index contributed by atoms with van der Waals surface area (Å²) in [6.07, 6.45) is 0. The summed E-state index contributed by atoms with van der Waals surface area (Å²) in [5.74, 6) is -5.95. The van der Waals surface area contributed by atoms with Crippen LogP contribution in [-0.2, 0) is 5.41 Å². The van der Waals surface area contributed by atoms with Gasteiger partial charge in [0.15, 0.2) is 23.3 Å². The number of hydrogen-bond acceptors (Lipinski definition) is 2. The Hall–Kier alpha value is -6.66. The minimum atomic E-state index is -1.49. The summed E-state index contributed by atoms with van der Waals surface area (Å²) in [5, 5.41) is 2.14. The van der Waals surface area contributed by atoms with Crippen LogP contribution < -0.4 is 9.80 Å². The molecule has 0 amide bonds. The topological polar surface area (TPSA) is 6.48 Å². The highest BCUT2D eigenvalue weighted by Crippen LogP contribution is 2.51. The summed E-state index contributed by atoms with van der Waals surface area (Å²) >= 11 is 0. The fourth-order valence-corrected chi connectivity index (χ4v) is 8.12. The first-order valence-corrected chi connectivity index (χ1v) is 18.5. The number of fused-ring (bicyclic) bond motifs is 4. The summed E-state index contributed by atoms with van der Waals surface area (Å²) in [6, 6.07) is 50.7. The molecule has 0 atom stereocenters. The first-order valence-electron chi connectivity index (χ1n) is 18.5. The van der Waals surface area contributed by atoms with Crippen molar-refractivity contribution in [2.45, 2.75) is 26.2 Å². The molecule has 2 nitrogen and oxygen atoms in total. The third kappa shape index (κ3) is 5.72. The number of hydrogen-bond donors (Lipinski definition) is 0. The number of benzene rings is 8. The van der Waals surface area contributed by atoms with Crippen molar-refractivity contribution in [2.24, 2.45) is 0 Å². The van der Waals surface area contributed by atoms with Crippen LogP contribution in [0.15, 0.2) is 164 Å². The molecule has 0 heterocycles. The Morgan fingerprint density at radius 1 is 0.411 bits per heavy atom. The van der Waals surface area contributed by atoms with Gasteiger partial charge in [0.2, 0.25) is 0 Å². The molecule has 0 bridgehead atoms. The summed E-state index contributed by atoms with van der Waals surface area (Å²) in [7, 11) is 0. The van der Waals surface area contributed by atoms with E-state index in [9.17, 15) is 0 Å². The Morgan fingerprint density at radius 3 is 1.62 bits per heavy atom. The predicted molar refractivity (Wildman–Crippen MR) is 221 cm³/mol. The minimum absolute atomic E-state index is 0.00114. The van der Waals surface area contributed by atoms with E-state index in [1.807, 2.05) is 96.8 Å². The van der Waals surface area contributed by atoms with Crippen molar-refractivity contribution >= 4 is 44.9 Å². The number of anilines is 6. The van der Waals surface area contributed by atoms with Crippen molar-refractivity contribution in [3.63, 3.8) is 0 Å². The second-order valence-electron chi connectivity index (χ2n) is 14.8. The van der Waals surface area contributed by atoms with Gasteiger partial charge in [0.05, 0.1) is 5.56 Å². The van der Waals surface area contributed by atoms with E-state index < -0.39 is 39.9 Å². The predicted octanol–water partition coefficient (Wildman–Crippen LogP) is 14.6. The fourth-order valence-electron chi connectivity index (χ4n) is 8.12. The van der Waals surface area contributed by atoms with E-state index in [1.54, 1.807) is 48.5 Å². The SMILES string of the molecule is Cc1ccc(N(c2ccc(-c3c(F)c(F)c(N(c4ccccc4)c4ccc5c(c4)C(C)(C)c4ccccc4-5)c(F)c3F)cc2)c2ccc3ccccc3c2)cc1. The monoisotopic (exact) mass is 740 g/mol. The van der Waals surface area contributed by atoms with Gasteiger partial charge in [-0.3, -0.25) is 0 Å². The molecule has 0 radical (unpaired) electrons. The van der Waals surface area contributed by atoms with Crippen LogP contribution in [0.1, 0.15) is 30.5 Å². The summed E-state index contributed by atoms with van der Waals surface area (Å²) in [5.41, 5.74) is 6.38.